The molecule has 0 aliphatic carbocycles. The van der Waals surface area contributed by atoms with Gasteiger partial charge in [0.2, 0.25) is 0 Å². The molecule has 0 spiro atoms. The second-order valence-electron chi connectivity index (χ2n) is 3.51. The fourth-order valence-corrected chi connectivity index (χ4v) is 1.46. The van der Waals surface area contributed by atoms with Gasteiger partial charge < -0.3 is 5.11 Å². The van der Waals surface area contributed by atoms with Crippen LogP contribution in [0.2, 0.25) is 0 Å². The number of hydrogen-bond donors (Lipinski definition) is 1. The maximum atomic E-state index is 9.20. The molecule has 0 aromatic carbocycles. The minimum atomic E-state index is -0.0263. The van der Waals surface area contributed by atoms with Crippen LogP contribution in [-0.2, 0) is 6.61 Å². The first-order valence-corrected chi connectivity index (χ1v) is 4.80. The van der Waals surface area contributed by atoms with E-state index in [1.54, 1.807) is 10.9 Å². The Morgan fingerprint density at radius 2 is 2.13 bits per heavy atom. The fourth-order valence-electron chi connectivity index (χ4n) is 1.46. The average molecular weight is 203 g/mol. The van der Waals surface area contributed by atoms with Gasteiger partial charge in [-0.2, -0.15) is 5.10 Å². The van der Waals surface area contributed by atoms with E-state index in [1.807, 2.05) is 32.2 Å². The molecule has 2 aromatic rings. The van der Waals surface area contributed by atoms with Crippen molar-refractivity contribution in [3.05, 3.63) is 41.5 Å². The molecule has 0 fully saturated rings. The van der Waals surface area contributed by atoms with Gasteiger partial charge in [-0.15, -0.1) is 0 Å². The quantitative estimate of drug-likeness (QED) is 0.802. The Hall–Kier alpha value is -1.68. The molecule has 0 saturated carbocycles. The smallest absolute Gasteiger partial charge is 0.0734 e. The van der Waals surface area contributed by atoms with Crippen LogP contribution >= 0.6 is 0 Å². The molecular formula is C11H13N3O. The molecule has 0 atom stereocenters. The summed E-state index contributed by atoms with van der Waals surface area (Å²) in [6, 6.07) is 3.84. The van der Waals surface area contributed by atoms with Crippen molar-refractivity contribution in [2.75, 3.05) is 0 Å². The van der Waals surface area contributed by atoms with Crippen LogP contribution in [0.4, 0.5) is 0 Å². The summed E-state index contributed by atoms with van der Waals surface area (Å²) < 4.78 is 1.76. The van der Waals surface area contributed by atoms with Gasteiger partial charge in [-0.3, -0.25) is 4.98 Å². The van der Waals surface area contributed by atoms with Crippen LogP contribution in [0.5, 0.6) is 0 Å². The Labute approximate surface area is 88.2 Å². The van der Waals surface area contributed by atoms with E-state index in [-0.39, 0.29) is 6.61 Å². The summed E-state index contributed by atoms with van der Waals surface area (Å²) in [4.78, 5) is 4.14. The predicted molar refractivity (Wildman–Crippen MR) is 56.8 cm³/mol. The molecule has 0 saturated heterocycles. The van der Waals surface area contributed by atoms with E-state index in [1.165, 1.54) is 0 Å². The van der Waals surface area contributed by atoms with Crippen LogP contribution in [0.1, 0.15) is 17.0 Å². The van der Waals surface area contributed by atoms with E-state index in [0.717, 1.165) is 22.6 Å². The summed E-state index contributed by atoms with van der Waals surface area (Å²) in [5.41, 5.74) is 3.53. The largest absolute Gasteiger partial charge is 0.392 e. The van der Waals surface area contributed by atoms with Gasteiger partial charge in [0.25, 0.3) is 0 Å². The second kappa shape index (κ2) is 3.82. The van der Waals surface area contributed by atoms with E-state index in [2.05, 4.69) is 10.1 Å². The molecule has 0 bridgehead atoms. The molecule has 4 nitrogen and oxygen atoms in total. The van der Waals surface area contributed by atoms with Crippen molar-refractivity contribution in [2.45, 2.75) is 20.5 Å². The van der Waals surface area contributed by atoms with Gasteiger partial charge in [-0.1, -0.05) is 0 Å². The summed E-state index contributed by atoms with van der Waals surface area (Å²) in [6.07, 6.45) is 3.56. The SMILES string of the molecule is Cc1cc(-n2ccc(C)n2)c(CO)cn1. The van der Waals surface area contributed by atoms with E-state index < -0.39 is 0 Å². The molecule has 0 amide bonds. The first-order valence-electron chi connectivity index (χ1n) is 4.80. The van der Waals surface area contributed by atoms with Gasteiger partial charge in [0.05, 0.1) is 18.0 Å². The minimum absolute atomic E-state index is 0.0263. The maximum Gasteiger partial charge on any atom is 0.0734 e. The van der Waals surface area contributed by atoms with Crippen LogP contribution in [0.3, 0.4) is 0 Å². The third kappa shape index (κ3) is 1.89. The Balaban J connectivity index is 2.55. The van der Waals surface area contributed by atoms with Crippen LogP contribution < -0.4 is 0 Å². The first-order chi connectivity index (χ1) is 7.20. The summed E-state index contributed by atoms with van der Waals surface area (Å²) in [6.45, 7) is 3.83. The number of aliphatic hydroxyl groups is 1. The van der Waals surface area contributed by atoms with Crippen LogP contribution in [0.25, 0.3) is 5.69 Å². The number of aromatic nitrogens is 3. The van der Waals surface area contributed by atoms with Crippen molar-refractivity contribution < 1.29 is 5.11 Å². The number of aryl methyl sites for hydroxylation is 2. The lowest BCUT2D eigenvalue weighted by atomic mass is 10.2. The molecule has 2 aromatic heterocycles. The molecule has 2 heterocycles. The van der Waals surface area contributed by atoms with Gasteiger partial charge >= 0.3 is 0 Å². The Morgan fingerprint density at radius 3 is 2.73 bits per heavy atom. The molecule has 0 unspecified atom stereocenters. The Kier molecular flexibility index (Phi) is 2.51. The van der Waals surface area contributed by atoms with Crippen LogP contribution in [0.15, 0.2) is 24.5 Å². The molecule has 0 aliphatic heterocycles. The Morgan fingerprint density at radius 1 is 1.33 bits per heavy atom. The first kappa shape index (κ1) is 9.86. The van der Waals surface area contributed by atoms with Crippen molar-refractivity contribution in [2.24, 2.45) is 0 Å². The molecule has 2 rings (SSSR count). The zero-order valence-electron chi connectivity index (χ0n) is 8.81. The molecule has 4 heteroatoms. The molecule has 0 aliphatic rings. The van der Waals surface area contributed by atoms with E-state index in [4.69, 9.17) is 0 Å². The van der Waals surface area contributed by atoms with E-state index in [0.29, 0.717) is 0 Å². The monoisotopic (exact) mass is 203 g/mol. The van der Waals surface area contributed by atoms with Crippen molar-refractivity contribution >= 4 is 0 Å². The molecule has 78 valence electrons. The number of rotatable bonds is 2. The fraction of sp³-hybridized carbons (Fsp3) is 0.273. The lowest BCUT2D eigenvalue weighted by Crippen LogP contribution is -2.02. The number of pyridine rings is 1. The van der Waals surface area contributed by atoms with E-state index in [9.17, 15) is 5.11 Å². The summed E-state index contributed by atoms with van der Waals surface area (Å²) in [5.74, 6) is 0. The summed E-state index contributed by atoms with van der Waals surface area (Å²) in [7, 11) is 0. The van der Waals surface area contributed by atoms with Gasteiger partial charge in [0, 0.05) is 23.7 Å². The normalized spacial score (nSPS) is 10.6. The highest BCUT2D eigenvalue weighted by Gasteiger charge is 2.05. The number of nitrogens with zero attached hydrogens (tertiary/aromatic N) is 3. The van der Waals surface area contributed by atoms with Gasteiger partial charge in [0.1, 0.15) is 0 Å². The lowest BCUT2D eigenvalue weighted by molar-refractivity contribution is 0.281. The average Bonchev–Trinajstić information content (AvgIpc) is 2.65. The summed E-state index contributed by atoms with van der Waals surface area (Å²) >= 11 is 0. The third-order valence-electron chi connectivity index (χ3n) is 2.24. The highest BCUT2D eigenvalue weighted by Crippen LogP contribution is 2.14. The van der Waals surface area contributed by atoms with Crippen molar-refractivity contribution in [3.8, 4) is 5.69 Å². The highest BCUT2D eigenvalue weighted by molar-refractivity contribution is 5.39. The molecule has 15 heavy (non-hydrogen) atoms. The van der Waals surface area contributed by atoms with Crippen LogP contribution in [0, 0.1) is 13.8 Å². The summed E-state index contributed by atoms with van der Waals surface area (Å²) in [5, 5.41) is 13.5. The standard InChI is InChI=1S/C11H13N3O/c1-8-3-4-14(13-8)11-5-9(2)12-6-10(11)7-15/h3-6,15H,7H2,1-2H3. The zero-order valence-corrected chi connectivity index (χ0v) is 8.81. The number of hydrogen-bond acceptors (Lipinski definition) is 3. The highest BCUT2D eigenvalue weighted by atomic mass is 16.3. The van der Waals surface area contributed by atoms with Gasteiger partial charge in [-0.25, -0.2) is 4.68 Å². The van der Waals surface area contributed by atoms with Crippen molar-refractivity contribution in [1.82, 2.24) is 14.8 Å². The third-order valence-corrected chi connectivity index (χ3v) is 2.24. The predicted octanol–water partition coefficient (Wildman–Crippen LogP) is 1.38. The van der Waals surface area contributed by atoms with Crippen molar-refractivity contribution in [1.29, 1.82) is 0 Å². The number of aliphatic hydroxyl groups excluding tert-OH is 1. The van der Waals surface area contributed by atoms with Gasteiger partial charge in [-0.05, 0) is 26.0 Å². The zero-order chi connectivity index (χ0) is 10.8. The Bertz CT molecular complexity index is 476. The van der Waals surface area contributed by atoms with E-state index >= 15 is 0 Å². The maximum absolute atomic E-state index is 9.20. The lowest BCUT2D eigenvalue weighted by Gasteiger charge is -2.07. The molecule has 1 N–H and O–H groups in total. The molecular weight excluding hydrogens is 190 g/mol. The minimum Gasteiger partial charge on any atom is -0.392 e. The van der Waals surface area contributed by atoms with Gasteiger partial charge in [0.15, 0.2) is 0 Å². The molecule has 0 radical (unpaired) electrons. The van der Waals surface area contributed by atoms with Crippen LogP contribution in [-0.4, -0.2) is 19.9 Å². The topological polar surface area (TPSA) is 50.9 Å². The second-order valence-corrected chi connectivity index (χ2v) is 3.51. The van der Waals surface area contributed by atoms with Crippen molar-refractivity contribution in [3.63, 3.8) is 0 Å².